The Bertz CT molecular complexity index is 545. The number of hydrogen-bond donors (Lipinski definition) is 1. The van der Waals surface area contributed by atoms with Crippen LogP contribution in [-0.2, 0) is 4.79 Å². The van der Waals surface area contributed by atoms with Crippen molar-refractivity contribution in [1.82, 2.24) is 14.7 Å². The van der Waals surface area contributed by atoms with Gasteiger partial charge in [0.2, 0.25) is 5.91 Å². The number of amides is 1. The molecule has 2 aliphatic heterocycles. The molecule has 25 heavy (non-hydrogen) atoms. The van der Waals surface area contributed by atoms with Crippen LogP contribution in [0.1, 0.15) is 6.42 Å². The molecule has 2 fully saturated rings. The molecule has 0 saturated carbocycles. The van der Waals surface area contributed by atoms with Gasteiger partial charge in [-0.1, -0.05) is 0 Å². The zero-order valence-corrected chi connectivity index (χ0v) is 15.6. The van der Waals surface area contributed by atoms with Crippen molar-refractivity contribution >= 4 is 17.3 Å². The predicted octanol–water partition coefficient (Wildman–Crippen LogP) is 1.01. The van der Waals surface area contributed by atoms with Crippen LogP contribution in [0.25, 0.3) is 0 Å². The Balaban J connectivity index is 1.40. The van der Waals surface area contributed by atoms with Crippen molar-refractivity contribution in [1.29, 1.82) is 0 Å². The average molecular weight is 345 g/mol. The number of anilines is 2. The van der Waals surface area contributed by atoms with Crippen LogP contribution in [0.4, 0.5) is 11.4 Å². The molecule has 0 unspecified atom stereocenters. The molecule has 6 heteroatoms. The second-order valence-corrected chi connectivity index (χ2v) is 7.20. The Morgan fingerprint density at radius 1 is 0.880 bits per heavy atom. The smallest absolute Gasteiger partial charge is 0.224 e. The van der Waals surface area contributed by atoms with Crippen molar-refractivity contribution in [2.45, 2.75) is 6.42 Å². The highest BCUT2D eigenvalue weighted by molar-refractivity contribution is 5.76. The molecule has 0 bridgehead atoms. The van der Waals surface area contributed by atoms with Crippen LogP contribution in [0.3, 0.4) is 0 Å². The monoisotopic (exact) mass is 345 g/mol. The van der Waals surface area contributed by atoms with Gasteiger partial charge >= 0.3 is 0 Å². The molecule has 0 atom stereocenters. The van der Waals surface area contributed by atoms with E-state index in [1.165, 1.54) is 5.69 Å². The Morgan fingerprint density at radius 3 is 2.04 bits per heavy atom. The topological polar surface area (TPSA) is 42.1 Å². The number of piperazine rings is 2. The van der Waals surface area contributed by atoms with Gasteiger partial charge in [-0.2, -0.15) is 0 Å². The number of carbonyl (C=O) groups is 1. The molecule has 0 radical (unpaired) electrons. The minimum Gasteiger partial charge on any atom is -0.385 e. The number of rotatable bonds is 5. The molecule has 6 nitrogen and oxygen atoms in total. The van der Waals surface area contributed by atoms with Gasteiger partial charge in [-0.05, 0) is 38.4 Å². The molecule has 138 valence electrons. The standard InChI is InChI=1S/C19H31N5O/c1-21-9-13-23(14-10-21)18-5-3-17(4-6-18)20-8-7-19(25)24-15-11-22(2)12-16-24/h3-6,20H,7-16H2,1-2H3. The molecule has 0 aliphatic carbocycles. The molecule has 2 saturated heterocycles. The molecule has 3 rings (SSSR count). The van der Waals surface area contributed by atoms with Crippen LogP contribution < -0.4 is 10.2 Å². The van der Waals surface area contributed by atoms with Crippen molar-refractivity contribution in [3.05, 3.63) is 24.3 Å². The van der Waals surface area contributed by atoms with Crippen molar-refractivity contribution in [2.75, 3.05) is 83.2 Å². The maximum atomic E-state index is 12.2. The molecule has 2 heterocycles. The summed E-state index contributed by atoms with van der Waals surface area (Å²) in [6, 6.07) is 8.59. The van der Waals surface area contributed by atoms with Gasteiger partial charge < -0.3 is 24.9 Å². The van der Waals surface area contributed by atoms with Gasteiger partial charge in [-0.25, -0.2) is 0 Å². The minimum absolute atomic E-state index is 0.259. The Morgan fingerprint density at radius 2 is 1.44 bits per heavy atom. The van der Waals surface area contributed by atoms with E-state index in [1.54, 1.807) is 0 Å². The Kier molecular flexibility index (Phi) is 6.15. The van der Waals surface area contributed by atoms with E-state index in [1.807, 2.05) is 4.90 Å². The van der Waals surface area contributed by atoms with Crippen LogP contribution in [0.5, 0.6) is 0 Å². The lowest BCUT2D eigenvalue weighted by atomic mass is 10.2. The lowest BCUT2D eigenvalue weighted by molar-refractivity contribution is -0.132. The third-order valence-electron chi connectivity index (χ3n) is 5.26. The first kappa shape index (κ1) is 18.0. The summed E-state index contributed by atoms with van der Waals surface area (Å²) < 4.78 is 0. The third kappa shape index (κ3) is 5.09. The molecule has 2 aliphatic rings. The van der Waals surface area contributed by atoms with E-state index in [0.717, 1.165) is 58.0 Å². The predicted molar refractivity (Wildman–Crippen MR) is 103 cm³/mol. The number of benzene rings is 1. The number of nitrogens with one attached hydrogen (secondary N) is 1. The number of carbonyl (C=O) groups excluding carboxylic acids is 1. The molecule has 1 amide bonds. The highest BCUT2D eigenvalue weighted by Gasteiger charge is 2.18. The zero-order chi connectivity index (χ0) is 17.6. The van der Waals surface area contributed by atoms with Crippen LogP contribution in [0.2, 0.25) is 0 Å². The SMILES string of the molecule is CN1CCN(C(=O)CCNc2ccc(N3CCN(C)CC3)cc2)CC1. The Hall–Kier alpha value is -1.79. The fourth-order valence-electron chi connectivity index (χ4n) is 3.38. The summed E-state index contributed by atoms with van der Waals surface area (Å²) >= 11 is 0. The maximum absolute atomic E-state index is 12.2. The van der Waals surface area contributed by atoms with Gasteiger partial charge in [0.15, 0.2) is 0 Å². The van der Waals surface area contributed by atoms with E-state index in [4.69, 9.17) is 0 Å². The highest BCUT2D eigenvalue weighted by atomic mass is 16.2. The van der Waals surface area contributed by atoms with Crippen LogP contribution in [-0.4, -0.2) is 93.6 Å². The largest absolute Gasteiger partial charge is 0.385 e. The van der Waals surface area contributed by atoms with Gasteiger partial charge in [0.1, 0.15) is 0 Å². The van der Waals surface area contributed by atoms with E-state index in [2.05, 4.69) is 58.4 Å². The minimum atomic E-state index is 0.259. The van der Waals surface area contributed by atoms with Crippen LogP contribution in [0, 0.1) is 0 Å². The van der Waals surface area contributed by atoms with Crippen LogP contribution >= 0.6 is 0 Å². The summed E-state index contributed by atoms with van der Waals surface area (Å²) in [7, 11) is 4.28. The first-order valence-corrected chi connectivity index (χ1v) is 9.35. The summed E-state index contributed by atoms with van der Waals surface area (Å²) in [4.78, 5) is 21.3. The summed E-state index contributed by atoms with van der Waals surface area (Å²) in [6.07, 6.45) is 0.559. The fourth-order valence-corrected chi connectivity index (χ4v) is 3.38. The third-order valence-corrected chi connectivity index (χ3v) is 5.26. The van der Waals surface area contributed by atoms with E-state index < -0.39 is 0 Å². The van der Waals surface area contributed by atoms with E-state index in [-0.39, 0.29) is 5.91 Å². The fraction of sp³-hybridized carbons (Fsp3) is 0.632. The summed E-state index contributed by atoms with van der Waals surface area (Å²) in [5, 5.41) is 3.38. The Labute approximate surface area is 151 Å². The number of hydrogen-bond acceptors (Lipinski definition) is 5. The summed E-state index contributed by atoms with van der Waals surface area (Å²) in [5.41, 5.74) is 2.37. The van der Waals surface area contributed by atoms with Crippen molar-refractivity contribution in [2.24, 2.45) is 0 Å². The molecule has 0 aromatic heterocycles. The molecular weight excluding hydrogens is 314 g/mol. The second kappa shape index (κ2) is 8.54. The van der Waals surface area contributed by atoms with Crippen molar-refractivity contribution < 1.29 is 4.79 Å². The quantitative estimate of drug-likeness (QED) is 0.863. The van der Waals surface area contributed by atoms with Crippen molar-refractivity contribution in [3.8, 4) is 0 Å². The lowest BCUT2D eigenvalue weighted by Crippen LogP contribution is -2.47. The van der Waals surface area contributed by atoms with Crippen LogP contribution in [0.15, 0.2) is 24.3 Å². The van der Waals surface area contributed by atoms with Gasteiger partial charge in [0, 0.05) is 76.7 Å². The first-order valence-electron chi connectivity index (χ1n) is 9.35. The lowest BCUT2D eigenvalue weighted by Gasteiger charge is -2.34. The molecule has 1 N–H and O–H groups in total. The molecule has 0 spiro atoms. The number of likely N-dealkylation sites (N-methyl/N-ethyl adjacent to an activating group) is 2. The maximum Gasteiger partial charge on any atom is 0.224 e. The van der Waals surface area contributed by atoms with E-state index in [0.29, 0.717) is 13.0 Å². The number of nitrogens with zero attached hydrogens (tertiary/aromatic N) is 4. The first-order chi connectivity index (χ1) is 12.1. The van der Waals surface area contributed by atoms with Gasteiger partial charge in [-0.15, -0.1) is 0 Å². The van der Waals surface area contributed by atoms with Gasteiger partial charge in [-0.3, -0.25) is 4.79 Å². The van der Waals surface area contributed by atoms with Gasteiger partial charge in [0.05, 0.1) is 0 Å². The van der Waals surface area contributed by atoms with E-state index in [9.17, 15) is 4.79 Å². The average Bonchev–Trinajstić information content (AvgIpc) is 2.63. The molecular formula is C19H31N5O. The van der Waals surface area contributed by atoms with E-state index >= 15 is 0 Å². The normalized spacial score (nSPS) is 19.9. The second-order valence-electron chi connectivity index (χ2n) is 7.20. The van der Waals surface area contributed by atoms with Gasteiger partial charge in [0.25, 0.3) is 0 Å². The highest BCUT2D eigenvalue weighted by Crippen LogP contribution is 2.19. The summed E-state index contributed by atoms with van der Waals surface area (Å²) in [6.45, 7) is 8.78. The van der Waals surface area contributed by atoms with Crippen molar-refractivity contribution in [3.63, 3.8) is 0 Å². The molecule has 1 aromatic rings. The molecule has 1 aromatic carbocycles. The summed E-state index contributed by atoms with van der Waals surface area (Å²) in [5.74, 6) is 0.259. The zero-order valence-electron chi connectivity index (χ0n) is 15.6.